The van der Waals surface area contributed by atoms with Gasteiger partial charge in [0, 0.05) is 11.1 Å². The summed E-state index contributed by atoms with van der Waals surface area (Å²) in [6, 6.07) is 3.36. The van der Waals surface area contributed by atoms with Crippen molar-refractivity contribution in [2.24, 2.45) is 0 Å². The Bertz CT molecular complexity index is 863. The van der Waals surface area contributed by atoms with Gasteiger partial charge in [-0.25, -0.2) is 4.39 Å². The van der Waals surface area contributed by atoms with Crippen molar-refractivity contribution in [1.82, 2.24) is 4.98 Å². The molecule has 0 fully saturated rings. The molecular formula is C19H21FN2O2. The standard InChI is InChI=1S/C19H21FN2O2/c1-4-7-19(18(23)24-5-2)8-6-12-15-13(10-21)14(20)9-11(3)16(15)22-17(12)19/h9,22H,4-8H2,1-3H3. The zero-order valence-corrected chi connectivity index (χ0v) is 14.3. The largest absolute Gasteiger partial charge is 0.465 e. The van der Waals surface area contributed by atoms with Crippen molar-refractivity contribution < 1.29 is 13.9 Å². The number of halogens is 1. The lowest BCUT2D eigenvalue weighted by Crippen LogP contribution is -2.35. The highest BCUT2D eigenvalue weighted by Gasteiger charge is 2.48. The summed E-state index contributed by atoms with van der Waals surface area (Å²) in [6.07, 6.45) is 2.80. The van der Waals surface area contributed by atoms with Crippen LogP contribution in [0.5, 0.6) is 0 Å². The van der Waals surface area contributed by atoms with Gasteiger partial charge in [0.15, 0.2) is 0 Å². The van der Waals surface area contributed by atoms with Crippen molar-refractivity contribution in [3.05, 3.63) is 34.3 Å². The summed E-state index contributed by atoms with van der Waals surface area (Å²) in [7, 11) is 0. The smallest absolute Gasteiger partial charge is 0.318 e. The van der Waals surface area contributed by atoms with E-state index in [4.69, 9.17) is 4.74 Å². The lowest BCUT2D eigenvalue weighted by atomic mass is 9.81. The number of rotatable bonds is 4. The summed E-state index contributed by atoms with van der Waals surface area (Å²) >= 11 is 0. The molecule has 0 saturated carbocycles. The van der Waals surface area contributed by atoms with Crippen LogP contribution in [0.2, 0.25) is 0 Å². The van der Waals surface area contributed by atoms with Gasteiger partial charge in [0.25, 0.3) is 0 Å². The molecule has 2 aromatic rings. The molecule has 1 atom stereocenters. The van der Waals surface area contributed by atoms with Crippen LogP contribution in [0.4, 0.5) is 4.39 Å². The summed E-state index contributed by atoms with van der Waals surface area (Å²) < 4.78 is 19.6. The number of ether oxygens (including phenoxy) is 1. The van der Waals surface area contributed by atoms with E-state index in [1.54, 1.807) is 6.92 Å². The molecule has 1 aromatic carbocycles. The number of hydrogen-bond acceptors (Lipinski definition) is 3. The van der Waals surface area contributed by atoms with Crippen LogP contribution in [0.1, 0.15) is 55.5 Å². The number of benzene rings is 1. The number of aromatic amines is 1. The molecule has 3 rings (SSSR count). The molecule has 1 N–H and O–H groups in total. The maximum absolute atomic E-state index is 14.2. The maximum atomic E-state index is 14.2. The van der Waals surface area contributed by atoms with Crippen LogP contribution in [0.3, 0.4) is 0 Å². The maximum Gasteiger partial charge on any atom is 0.318 e. The monoisotopic (exact) mass is 328 g/mol. The van der Waals surface area contributed by atoms with Gasteiger partial charge in [0.2, 0.25) is 0 Å². The van der Waals surface area contributed by atoms with E-state index in [2.05, 4.69) is 4.98 Å². The molecule has 0 bridgehead atoms. The zero-order chi connectivity index (χ0) is 17.5. The molecule has 0 radical (unpaired) electrons. The van der Waals surface area contributed by atoms with E-state index in [1.165, 1.54) is 6.07 Å². The third kappa shape index (κ3) is 2.13. The minimum absolute atomic E-state index is 0.0595. The zero-order valence-electron chi connectivity index (χ0n) is 14.3. The van der Waals surface area contributed by atoms with Gasteiger partial charge >= 0.3 is 5.97 Å². The van der Waals surface area contributed by atoms with Crippen molar-refractivity contribution in [3.8, 4) is 6.07 Å². The Morgan fingerprint density at radius 2 is 2.25 bits per heavy atom. The lowest BCUT2D eigenvalue weighted by molar-refractivity contribution is -0.150. The van der Waals surface area contributed by atoms with Crippen molar-refractivity contribution in [3.63, 3.8) is 0 Å². The van der Waals surface area contributed by atoms with Gasteiger partial charge in [-0.1, -0.05) is 13.3 Å². The number of hydrogen-bond donors (Lipinski definition) is 1. The number of carbonyl (C=O) groups excluding carboxylic acids is 1. The van der Waals surface area contributed by atoms with Crippen LogP contribution >= 0.6 is 0 Å². The van der Waals surface area contributed by atoms with Crippen molar-refractivity contribution in [1.29, 1.82) is 5.26 Å². The molecule has 24 heavy (non-hydrogen) atoms. The van der Waals surface area contributed by atoms with E-state index >= 15 is 0 Å². The molecule has 1 heterocycles. The molecule has 126 valence electrons. The Balaban J connectivity index is 2.30. The summed E-state index contributed by atoms with van der Waals surface area (Å²) in [5.41, 5.74) is 2.54. The normalized spacial score (nSPS) is 19.3. The van der Waals surface area contributed by atoms with Crippen LogP contribution in [0, 0.1) is 24.1 Å². The van der Waals surface area contributed by atoms with Gasteiger partial charge in [-0.05, 0) is 50.3 Å². The molecular weight excluding hydrogens is 307 g/mol. The third-order valence-corrected chi connectivity index (χ3v) is 5.07. The highest BCUT2D eigenvalue weighted by Crippen LogP contribution is 2.47. The molecule has 0 aliphatic heterocycles. The van der Waals surface area contributed by atoms with E-state index in [-0.39, 0.29) is 11.5 Å². The predicted molar refractivity (Wildman–Crippen MR) is 89.2 cm³/mol. The number of aromatic nitrogens is 1. The average Bonchev–Trinajstić information content (AvgIpc) is 3.08. The van der Waals surface area contributed by atoms with Gasteiger partial charge in [-0.2, -0.15) is 5.26 Å². The molecule has 0 saturated heterocycles. The lowest BCUT2D eigenvalue weighted by Gasteiger charge is -2.26. The molecule has 5 heteroatoms. The fourth-order valence-corrected chi connectivity index (χ4v) is 4.05. The van der Waals surface area contributed by atoms with E-state index in [0.29, 0.717) is 31.3 Å². The number of nitrogens with zero attached hydrogens (tertiary/aromatic N) is 1. The first kappa shape index (κ1) is 16.5. The third-order valence-electron chi connectivity index (χ3n) is 5.07. The highest BCUT2D eigenvalue weighted by molar-refractivity contribution is 5.96. The van der Waals surface area contributed by atoms with Gasteiger partial charge in [-0.3, -0.25) is 4.79 Å². The van der Waals surface area contributed by atoms with Crippen molar-refractivity contribution in [2.75, 3.05) is 6.61 Å². The molecule has 1 unspecified atom stereocenters. The first-order chi connectivity index (χ1) is 11.5. The Kier molecular flexibility index (Phi) is 4.08. The Morgan fingerprint density at radius 1 is 1.50 bits per heavy atom. The SMILES string of the molecule is CCCC1(C(=O)OCC)CCc2c1[nH]c1c(C)cc(F)c(C#N)c21. The topological polar surface area (TPSA) is 65.9 Å². The molecule has 0 amide bonds. The molecule has 4 nitrogen and oxygen atoms in total. The van der Waals surface area contributed by atoms with Crippen LogP contribution in [0.15, 0.2) is 6.07 Å². The fraction of sp³-hybridized carbons (Fsp3) is 0.474. The Labute approximate surface area is 140 Å². The van der Waals surface area contributed by atoms with Gasteiger partial charge in [0.1, 0.15) is 17.3 Å². The molecule has 1 aliphatic rings. The minimum atomic E-state index is -0.714. The number of esters is 1. The number of nitriles is 1. The highest BCUT2D eigenvalue weighted by atomic mass is 19.1. The predicted octanol–water partition coefficient (Wildman–Crippen LogP) is 4.03. The van der Waals surface area contributed by atoms with E-state index < -0.39 is 11.2 Å². The van der Waals surface area contributed by atoms with Crippen LogP contribution in [-0.4, -0.2) is 17.6 Å². The first-order valence-electron chi connectivity index (χ1n) is 8.41. The van der Waals surface area contributed by atoms with E-state index in [0.717, 1.165) is 28.8 Å². The summed E-state index contributed by atoms with van der Waals surface area (Å²) in [5.74, 6) is -0.734. The van der Waals surface area contributed by atoms with Crippen molar-refractivity contribution >= 4 is 16.9 Å². The van der Waals surface area contributed by atoms with Gasteiger partial charge in [-0.15, -0.1) is 0 Å². The van der Waals surface area contributed by atoms with Crippen LogP contribution < -0.4 is 0 Å². The molecule has 1 aliphatic carbocycles. The van der Waals surface area contributed by atoms with Crippen LogP contribution in [0.25, 0.3) is 10.9 Å². The summed E-state index contributed by atoms with van der Waals surface area (Å²) in [4.78, 5) is 16.1. The molecule has 0 spiro atoms. The van der Waals surface area contributed by atoms with Gasteiger partial charge < -0.3 is 9.72 Å². The first-order valence-corrected chi connectivity index (χ1v) is 8.41. The Hall–Kier alpha value is -2.35. The van der Waals surface area contributed by atoms with E-state index in [1.807, 2.05) is 19.9 Å². The second-order valence-electron chi connectivity index (χ2n) is 6.44. The van der Waals surface area contributed by atoms with E-state index in [9.17, 15) is 14.4 Å². The number of nitrogens with one attached hydrogen (secondary N) is 1. The molecule has 1 aromatic heterocycles. The van der Waals surface area contributed by atoms with Crippen molar-refractivity contribution in [2.45, 2.75) is 51.9 Å². The fourth-order valence-electron chi connectivity index (χ4n) is 4.05. The summed E-state index contributed by atoms with van der Waals surface area (Å²) in [6.45, 7) is 5.97. The quantitative estimate of drug-likeness (QED) is 0.862. The second kappa shape index (κ2) is 5.94. The number of H-pyrrole nitrogens is 1. The summed E-state index contributed by atoms with van der Waals surface area (Å²) in [5, 5.41) is 10.0. The Morgan fingerprint density at radius 3 is 2.88 bits per heavy atom. The van der Waals surface area contributed by atoms with Crippen LogP contribution in [-0.2, 0) is 21.4 Å². The number of aryl methyl sites for hydroxylation is 2. The van der Waals surface area contributed by atoms with Gasteiger partial charge in [0.05, 0.1) is 17.7 Å². The minimum Gasteiger partial charge on any atom is -0.465 e. The average molecular weight is 328 g/mol. The number of fused-ring (bicyclic) bond motifs is 3. The number of carbonyl (C=O) groups is 1. The second-order valence-corrected chi connectivity index (χ2v) is 6.44.